The fourth-order valence-corrected chi connectivity index (χ4v) is 4.69. The molecule has 0 radical (unpaired) electrons. The van der Waals surface area contributed by atoms with Gasteiger partial charge in [0.15, 0.2) is 0 Å². The van der Waals surface area contributed by atoms with Crippen molar-refractivity contribution in [1.82, 2.24) is 20.2 Å². The number of carbonyl (C=O) groups excluding carboxylic acids is 1. The molecule has 2 aliphatic rings. The van der Waals surface area contributed by atoms with Crippen LogP contribution in [0, 0.1) is 5.92 Å². The maximum absolute atomic E-state index is 13.0. The van der Waals surface area contributed by atoms with Crippen LogP contribution < -0.4 is 15.8 Å². The normalized spacial score (nSPS) is 16.9. The number of H-pyrrole nitrogens is 1. The van der Waals surface area contributed by atoms with Crippen molar-refractivity contribution in [2.75, 3.05) is 31.1 Å². The number of piperidine rings is 1. The minimum atomic E-state index is -0.0433. The van der Waals surface area contributed by atoms with Crippen LogP contribution in [0.15, 0.2) is 47.5 Å². The average Bonchev–Trinajstić information content (AvgIpc) is 3.70. The highest BCUT2D eigenvalue weighted by Crippen LogP contribution is 2.34. The summed E-state index contributed by atoms with van der Waals surface area (Å²) >= 11 is 0. The van der Waals surface area contributed by atoms with Gasteiger partial charge in [-0.05, 0) is 61.8 Å². The first kappa shape index (κ1) is 25.2. The first-order chi connectivity index (χ1) is 16.9. The third-order valence-electron chi connectivity index (χ3n) is 6.98. The van der Waals surface area contributed by atoms with E-state index in [9.17, 15) is 9.59 Å². The molecule has 1 aliphatic heterocycles. The predicted octanol–water partition coefficient (Wildman–Crippen LogP) is 3.76. The topological polar surface area (TPSA) is 81.3 Å². The lowest BCUT2D eigenvalue weighted by molar-refractivity contribution is -0.127. The van der Waals surface area contributed by atoms with Gasteiger partial charge in [-0.15, -0.1) is 0 Å². The number of aromatic nitrogens is 2. The second-order valence-electron chi connectivity index (χ2n) is 10.1. The van der Waals surface area contributed by atoms with Crippen LogP contribution in [0.5, 0.6) is 0 Å². The van der Waals surface area contributed by atoms with Crippen molar-refractivity contribution >= 4 is 11.6 Å². The van der Waals surface area contributed by atoms with Crippen LogP contribution >= 0.6 is 0 Å². The van der Waals surface area contributed by atoms with Crippen LogP contribution in [0.4, 0.5) is 5.69 Å². The van der Waals surface area contributed by atoms with Crippen molar-refractivity contribution in [3.05, 3.63) is 58.8 Å². The minimum Gasteiger partial charge on any atom is -0.364 e. The Kier molecular flexibility index (Phi) is 8.39. The Hall–Kier alpha value is -2.93. The van der Waals surface area contributed by atoms with Crippen LogP contribution in [-0.2, 0) is 11.2 Å². The van der Waals surface area contributed by atoms with Gasteiger partial charge in [0.2, 0.25) is 5.91 Å². The minimum absolute atomic E-state index is 0.0433. The van der Waals surface area contributed by atoms with Gasteiger partial charge in [-0.2, -0.15) is 0 Å². The molecular weight excluding hydrogens is 438 g/mol. The molecule has 188 valence electrons. The van der Waals surface area contributed by atoms with E-state index in [1.165, 1.54) is 12.8 Å². The molecule has 0 bridgehead atoms. The van der Waals surface area contributed by atoms with Crippen molar-refractivity contribution in [3.8, 4) is 11.1 Å². The molecule has 2 N–H and O–H groups in total. The fraction of sp³-hybridized carbons (Fsp3) is 0.536. The van der Waals surface area contributed by atoms with E-state index in [1.54, 1.807) is 12.3 Å². The molecule has 7 heteroatoms. The van der Waals surface area contributed by atoms with E-state index in [1.807, 2.05) is 29.3 Å². The first-order valence-electron chi connectivity index (χ1n) is 13.1. The molecular formula is C28H39N5O2. The number of rotatable bonds is 10. The molecule has 2 aromatic heterocycles. The summed E-state index contributed by atoms with van der Waals surface area (Å²) in [4.78, 5) is 37.3. The van der Waals surface area contributed by atoms with E-state index in [0.717, 1.165) is 48.3 Å². The van der Waals surface area contributed by atoms with E-state index in [4.69, 9.17) is 0 Å². The van der Waals surface area contributed by atoms with E-state index in [-0.39, 0.29) is 17.5 Å². The highest BCUT2D eigenvalue weighted by Gasteiger charge is 2.32. The Labute approximate surface area is 208 Å². The van der Waals surface area contributed by atoms with Gasteiger partial charge in [0.05, 0.1) is 0 Å². The molecule has 0 aromatic carbocycles. The number of pyridine rings is 2. The summed E-state index contributed by atoms with van der Waals surface area (Å²) in [6.07, 6.45) is 12.3. The Morgan fingerprint density at radius 1 is 1.23 bits per heavy atom. The molecule has 35 heavy (non-hydrogen) atoms. The van der Waals surface area contributed by atoms with Crippen molar-refractivity contribution < 1.29 is 4.79 Å². The van der Waals surface area contributed by atoms with Gasteiger partial charge >= 0.3 is 0 Å². The van der Waals surface area contributed by atoms with Crippen molar-refractivity contribution in [2.45, 2.75) is 65.0 Å². The summed E-state index contributed by atoms with van der Waals surface area (Å²) < 4.78 is 0. The number of hydrogen-bond donors (Lipinski definition) is 2. The maximum atomic E-state index is 13.0. The largest absolute Gasteiger partial charge is 0.364 e. The van der Waals surface area contributed by atoms with Crippen LogP contribution in [0.3, 0.4) is 0 Å². The molecule has 7 nitrogen and oxygen atoms in total. The molecule has 2 aromatic rings. The van der Waals surface area contributed by atoms with Gasteiger partial charge < -0.3 is 20.1 Å². The van der Waals surface area contributed by atoms with Crippen LogP contribution in [0.25, 0.3) is 11.1 Å². The van der Waals surface area contributed by atoms with Crippen molar-refractivity contribution in [2.24, 2.45) is 5.92 Å². The number of hydrogen-bond acceptors (Lipinski definition) is 5. The standard InChI is InChI=1S/C28H39N5O2/c1-4-24-16-22(9-13-30-24)23-17-26(28(35)31-18-23)33(19-21-7-8-21)25-10-14-32(15-11-25)27(34)6-5-12-29-20(2)3/h5-6,9,13,16-18,20-21,25,29H,4,7-8,10-12,14-15,19H2,1-3H3,(H,31,35)/b6-5+. The van der Waals surface area contributed by atoms with Crippen LogP contribution in [0.2, 0.25) is 0 Å². The highest BCUT2D eigenvalue weighted by molar-refractivity contribution is 5.87. The molecule has 1 saturated carbocycles. The number of aromatic amines is 1. The summed E-state index contributed by atoms with van der Waals surface area (Å²) in [6.45, 7) is 9.32. The van der Waals surface area contributed by atoms with E-state index >= 15 is 0 Å². The van der Waals surface area contributed by atoms with E-state index in [0.29, 0.717) is 31.6 Å². The zero-order chi connectivity index (χ0) is 24.8. The third kappa shape index (κ3) is 6.82. The zero-order valence-corrected chi connectivity index (χ0v) is 21.3. The third-order valence-corrected chi connectivity index (χ3v) is 6.98. The van der Waals surface area contributed by atoms with Gasteiger partial charge in [-0.25, -0.2) is 0 Å². The quantitative estimate of drug-likeness (QED) is 0.509. The molecule has 0 unspecified atom stereocenters. The van der Waals surface area contributed by atoms with Gasteiger partial charge in [0, 0.05) is 68.0 Å². The van der Waals surface area contributed by atoms with Crippen molar-refractivity contribution in [1.29, 1.82) is 0 Å². The number of amides is 1. The monoisotopic (exact) mass is 477 g/mol. The molecule has 1 amide bonds. The van der Waals surface area contributed by atoms with Gasteiger partial charge in [-0.1, -0.05) is 26.8 Å². The Morgan fingerprint density at radius 3 is 2.69 bits per heavy atom. The lowest BCUT2D eigenvalue weighted by atomic mass is 10.0. The van der Waals surface area contributed by atoms with E-state index in [2.05, 4.69) is 47.0 Å². The number of anilines is 1. The number of likely N-dealkylation sites (tertiary alicyclic amines) is 1. The summed E-state index contributed by atoms with van der Waals surface area (Å²) in [5.41, 5.74) is 3.81. The van der Waals surface area contributed by atoms with E-state index < -0.39 is 0 Å². The highest BCUT2D eigenvalue weighted by atomic mass is 16.2. The summed E-state index contributed by atoms with van der Waals surface area (Å²) in [5, 5.41) is 3.30. The summed E-state index contributed by atoms with van der Waals surface area (Å²) in [5.74, 6) is 0.730. The van der Waals surface area contributed by atoms with Crippen molar-refractivity contribution in [3.63, 3.8) is 0 Å². The van der Waals surface area contributed by atoms with Crippen LogP contribution in [0.1, 0.15) is 52.1 Å². The average molecular weight is 478 g/mol. The Bertz CT molecular complexity index is 1080. The molecule has 3 heterocycles. The molecule has 2 fully saturated rings. The predicted molar refractivity (Wildman–Crippen MR) is 142 cm³/mol. The SMILES string of the molecule is CCc1cc(-c2c[nH]c(=O)c(N(CC3CC3)C3CCN(C(=O)/C=C/CNC(C)C)CC3)c2)ccn1. The van der Waals surface area contributed by atoms with Crippen LogP contribution in [-0.4, -0.2) is 59.0 Å². The number of nitrogens with zero attached hydrogens (tertiary/aromatic N) is 3. The molecule has 4 rings (SSSR count). The van der Waals surface area contributed by atoms with Gasteiger partial charge in [0.1, 0.15) is 5.69 Å². The van der Waals surface area contributed by atoms with Gasteiger partial charge in [0.25, 0.3) is 5.56 Å². The lowest BCUT2D eigenvalue weighted by Crippen LogP contribution is -2.48. The lowest BCUT2D eigenvalue weighted by Gasteiger charge is -2.39. The second kappa shape index (κ2) is 11.7. The zero-order valence-electron chi connectivity index (χ0n) is 21.3. The second-order valence-corrected chi connectivity index (χ2v) is 10.1. The Balaban J connectivity index is 1.47. The molecule has 0 spiro atoms. The number of carbonyl (C=O) groups is 1. The fourth-order valence-electron chi connectivity index (χ4n) is 4.69. The summed E-state index contributed by atoms with van der Waals surface area (Å²) in [7, 11) is 0. The Morgan fingerprint density at radius 2 is 2.00 bits per heavy atom. The molecule has 1 aliphatic carbocycles. The maximum Gasteiger partial charge on any atom is 0.271 e. The molecule has 0 atom stereocenters. The smallest absolute Gasteiger partial charge is 0.271 e. The number of nitrogens with one attached hydrogen (secondary N) is 2. The first-order valence-corrected chi connectivity index (χ1v) is 13.1. The number of aryl methyl sites for hydroxylation is 1. The molecule has 1 saturated heterocycles. The van der Waals surface area contributed by atoms with Gasteiger partial charge in [-0.3, -0.25) is 14.6 Å². The summed E-state index contributed by atoms with van der Waals surface area (Å²) in [6, 6.07) is 6.79.